The Balaban J connectivity index is 2.36. The summed E-state index contributed by atoms with van der Waals surface area (Å²) in [5.41, 5.74) is 0. The van der Waals surface area contributed by atoms with E-state index in [1.54, 1.807) is 0 Å². The van der Waals surface area contributed by atoms with Crippen LogP contribution >= 0.6 is 0 Å². The molecule has 4 heteroatoms. The average molecular weight is 200 g/mol. The molecule has 1 aliphatic carbocycles. The van der Waals surface area contributed by atoms with Crippen molar-refractivity contribution >= 4 is 6.47 Å². The molecule has 14 heavy (non-hydrogen) atoms. The molecule has 0 aromatic carbocycles. The lowest BCUT2D eigenvalue weighted by atomic mass is 9.94. The van der Waals surface area contributed by atoms with Gasteiger partial charge in [0.1, 0.15) is 6.10 Å². The van der Waals surface area contributed by atoms with E-state index in [2.05, 4.69) is 4.89 Å². The molecule has 0 bridgehead atoms. The van der Waals surface area contributed by atoms with E-state index in [1.807, 2.05) is 12.2 Å². The van der Waals surface area contributed by atoms with Crippen LogP contribution in [0.15, 0.2) is 12.2 Å². The van der Waals surface area contributed by atoms with Gasteiger partial charge in [-0.05, 0) is 31.6 Å². The first kappa shape index (κ1) is 11.2. The predicted octanol–water partition coefficient (Wildman–Crippen LogP) is 1.20. The van der Waals surface area contributed by atoms with Crippen LogP contribution < -0.4 is 0 Å². The van der Waals surface area contributed by atoms with Crippen molar-refractivity contribution in [2.75, 3.05) is 6.61 Å². The lowest BCUT2D eigenvalue weighted by Gasteiger charge is -2.18. The zero-order valence-electron chi connectivity index (χ0n) is 8.09. The van der Waals surface area contributed by atoms with Gasteiger partial charge in [-0.3, -0.25) is 4.79 Å². The van der Waals surface area contributed by atoms with Gasteiger partial charge in [0.2, 0.25) is 0 Å². The first-order valence-electron chi connectivity index (χ1n) is 4.90. The van der Waals surface area contributed by atoms with Crippen molar-refractivity contribution in [2.24, 2.45) is 5.92 Å². The Morgan fingerprint density at radius 2 is 2.29 bits per heavy atom. The van der Waals surface area contributed by atoms with Crippen LogP contribution in [0.3, 0.4) is 0 Å². The van der Waals surface area contributed by atoms with Crippen molar-refractivity contribution < 1.29 is 19.7 Å². The van der Waals surface area contributed by atoms with Gasteiger partial charge in [-0.25, -0.2) is 0 Å². The van der Waals surface area contributed by atoms with Gasteiger partial charge in [0.15, 0.2) is 0 Å². The van der Waals surface area contributed by atoms with Gasteiger partial charge in [-0.2, -0.15) is 4.89 Å². The molecule has 0 spiro atoms. The molecule has 0 amide bonds. The number of rotatable bonds is 4. The van der Waals surface area contributed by atoms with Crippen molar-refractivity contribution in [3.8, 4) is 0 Å². The summed E-state index contributed by atoms with van der Waals surface area (Å²) < 4.78 is 0. The second-order valence-electron chi connectivity index (χ2n) is 3.46. The smallest absolute Gasteiger partial charge is 0.330 e. The van der Waals surface area contributed by atoms with E-state index in [9.17, 15) is 4.79 Å². The molecule has 0 aromatic heterocycles. The summed E-state index contributed by atoms with van der Waals surface area (Å²) in [5, 5.41) is 9.02. The highest BCUT2D eigenvalue weighted by Gasteiger charge is 2.14. The normalized spacial score (nSPS) is 30.1. The van der Waals surface area contributed by atoms with Gasteiger partial charge in [-0.15, -0.1) is 0 Å². The van der Waals surface area contributed by atoms with E-state index in [1.165, 1.54) is 0 Å². The number of hydrogen-bond donors (Lipinski definition) is 1. The maximum Gasteiger partial charge on any atom is 0.330 e. The minimum atomic E-state index is -0.172. The third kappa shape index (κ3) is 3.89. The Labute approximate surface area is 83.4 Å². The summed E-state index contributed by atoms with van der Waals surface area (Å²) in [4.78, 5) is 19.0. The van der Waals surface area contributed by atoms with Gasteiger partial charge in [0.05, 0.1) is 0 Å². The summed E-state index contributed by atoms with van der Waals surface area (Å²) in [6, 6.07) is 0. The molecule has 0 saturated carbocycles. The molecule has 0 aliphatic heterocycles. The summed E-state index contributed by atoms with van der Waals surface area (Å²) in [7, 11) is 0. The predicted molar refractivity (Wildman–Crippen MR) is 50.2 cm³/mol. The monoisotopic (exact) mass is 200 g/mol. The molecule has 1 rings (SSSR count). The second kappa shape index (κ2) is 6.56. The molecule has 0 radical (unpaired) electrons. The molecule has 0 heterocycles. The third-order valence-electron chi connectivity index (χ3n) is 2.43. The quantitative estimate of drug-likeness (QED) is 0.320. The Kier molecular flexibility index (Phi) is 5.25. The first-order valence-corrected chi connectivity index (χ1v) is 4.90. The number of hydrogen-bond acceptors (Lipinski definition) is 4. The zero-order valence-corrected chi connectivity index (χ0v) is 8.09. The number of aliphatic hydroxyl groups is 1. The van der Waals surface area contributed by atoms with Crippen LogP contribution in [-0.4, -0.2) is 24.3 Å². The Bertz CT molecular complexity index is 191. The van der Waals surface area contributed by atoms with E-state index in [0.29, 0.717) is 5.92 Å². The maximum absolute atomic E-state index is 9.91. The fourth-order valence-corrected chi connectivity index (χ4v) is 1.58. The van der Waals surface area contributed by atoms with Crippen LogP contribution in [0.2, 0.25) is 0 Å². The third-order valence-corrected chi connectivity index (χ3v) is 2.43. The minimum absolute atomic E-state index is 0.172. The lowest BCUT2D eigenvalue weighted by Crippen LogP contribution is -2.16. The Morgan fingerprint density at radius 3 is 3.00 bits per heavy atom. The van der Waals surface area contributed by atoms with Crippen molar-refractivity contribution in [2.45, 2.75) is 31.8 Å². The van der Waals surface area contributed by atoms with Gasteiger partial charge in [0.25, 0.3) is 0 Å². The summed E-state index contributed by atoms with van der Waals surface area (Å²) in [5.74, 6) is 0.335. The first-order chi connectivity index (χ1) is 6.86. The molecule has 0 fully saturated rings. The van der Waals surface area contributed by atoms with E-state index in [0.717, 1.165) is 25.7 Å². The minimum Gasteiger partial charge on any atom is -0.396 e. The van der Waals surface area contributed by atoms with E-state index >= 15 is 0 Å². The Morgan fingerprint density at radius 1 is 1.43 bits per heavy atom. The number of carbonyl (C=O) groups excluding carboxylic acids is 1. The lowest BCUT2D eigenvalue weighted by molar-refractivity contribution is -0.278. The van der Waals surface area contributed by atoms with Crippen LogP contribution in [-0.2, 0) is 14.6 Å². The molecule has 4 nitrogen and oxygen atoms in total. The largest absolute Gasteiger partial charge is 0.396 e. The fraction of sp³-hybridized carbons (Fsp3) is 0.700. The van der Waals surface area contributed by atoms with E-state index < -0.39 is 0 Å². The van der Waals surface area contributed by atoms with Gasteiger partial charge in [0, 0.05) is 6.61 Å². The summed E-state index contributed by atoms with van der Waals surface area (Å²) in [6.07, 6.45) is 7.34. The van der Waals surface area contributed by atoms with E-state index in [4.69, 9.17) is 9.99 Å². The molecule has 80 valence electrons. The summed E-state index contributed by atoms with van der Waals surface area (Å²) >= 11 is 0. The highest BCUT2D eigenvalue weighted by atomic mass is 17.2. The van der Waals surface area contributed by atoms with Crippen molar-refractivity contribution in [1.82, 2.24) is 0 Å². The van der Waals surface area contributed by atoms with Crippen molar-refractivity contribution in [1.29, 1.82) is 0 Å². The van der Waals surface area contributed by atoms with Gasteiger partial charge >= 0.3 is 6.47 Å². The van der Waals surface area contributed by atoms with Gasteiger partial charge < -0.3 is 9.99 Å². The zero-order chi connectivity index (χ0) is 10.2. The molecule has 1 aliphatic rings. The molecule has 1 N–H and O–H groups in total. The highest BCUT2D eigenvalue weighted by molar-refractivity contribution is 5.35. The van der Waals surface area contributed by atoms with E-state index in [-0.39, 0.29) is 19.2 Å². The molecular weight excluding hydrogens is 184 g/mol. The summed E-state index contributed by atoms with van der Waals surface area (Å²) in [6.45, 7) is 0.491. The second-order valence-corrected chi connectivity index (χ2v) is 3.46. The van der Waals surface area contributed by atoms with Crippen molar-refractivity contribution in [3.63, 3.8) is 0 Å². The van der Waals surface area contributed by atoms with Crippen LogP contribution in [0.25, 0.3) is 0 Å². The van der Waals surface area contributed by atoms with Crippen LogP contribution in [0.5, 0.6) is 0 Å². The SMILES string of the molecule is O=COOC1/C=C/CCC(CO)CC1. The molecule has 0 saturated heterocycles. The average Bonchev–Trinajstić information content (AvgIpc) is 2.17. The fourth-order valence-electron chi connectivity index (χ4n) is 1.58. The number of allylic oxidation sites excluding steroid dienone is 1. The molecule has 2 unspecified atom stereocenters. The van der Waals surface area contributed by atoms with Crippen LogP contribution in [0.4, 0.5) is 0 Å². The van der Waals surface area contributed by atoms with Crippen LogP contribution in [0.1, 0.15) is 25.7 Å². The maximum atomic E-state index is 9.91. The topological polar surface area (TPSA) is 55.8 Å². The van der Waals surface area contributed by atoms with Crippen molar-refractivity contribution in [3.05, 3.63) is 12.2 Å². The Hall–Kier alpha value is -0.870. The standard InChI is InChI=1S/C10H16O4/c11-7-9-3-1-2-4-10(6-5-9)14-13-8-12/h2,4,8-11H,1,3,5-7H2/b4-2+. The van der Waals surface area contributed by atoms with Crippen LogP contribution in [0, 0.1) is 5.92 Å². The number of aliphatic hydroxyl groups excluding tert-OH is 1. The van der Waals surface area contributed by atoms with Gasteiger partial charge in [-0.1, -0.05) is 12.2 Å². The molecular formula is C10H16O4. The molecule has 0 aromatic rings. The molecule has 2 atom stereocenters. The highest BCUT2D eigenvalue weighted by Crippen LogP contribution is 2.19. The number of carbonyl (C=O) groups is 1.